The number of sulfonamides is 1. The Balaban J connectivity index is 2.83. The fraction of sp³-hybridized carbons (Fsp3) is 0.273. The maximum atomic E-state index is 12.1. The third kappa shape index (κ3) is 1.36. The molecule has 0 fully saturated rings. The minimum atomic E-state index is -3.59. The largest absolute Gasteiger partial charge is 0.283 e. The van der Waals surface area contributed by atoms with Crippen LogP contribution in [0.4, 0.5) is 0 Å². The molecule has 6 heteroatoms. The molecule has 1 aliphatic heterocycles. The van der Waals surface area contributed by atoms with Gasteiger partial charge in [-0.2, -0.15) is 5.26 Å². The van der Waals surface area contributed by atoms with Crippen LogP contribution in [0.25, 0.3) is 0 Å². The number of amidine groups is 1. The summed E-state index contributed by atoms with van der Waals surface area (Å²) >= 11 is 0. The van der Waals surface area contributed by atoms with Crippen LogP contribution in [0.3, 0.4) is 0 Å². The lowest BCUT2D eigenvalue weighted by atomic mass is 10.0. The Morgan fingerprint density at radius 2 is 2.12 bits per heavy atom. The van der Waals surface area contributed by atoms with Crippen LogP contribution in [0.5, 0.6) is 0 Å². The van der Waals surface area contributed by atoms with E-state index in [-0.39, 0.29) is 17.3 Å². The first kappa shape index (κ1) is 11.6. The number of fused-ring (bicyclic) bond motifs is 1. The monoisotopic (exact) mass is 249 g/mol. The van der Waals surface area contributed by atoms with Crippen molar-refractivity contribution in [2.45, 2.75) is 18.7 Å². The van der Waals surface area contributed by atoms with Crippen LogP contribution in [-0.4, -0.2) is 25.1 Å². The Kier molecular flexibility index (Phi) is 2.44. The molecule has 0 saturated heterocycles. The van der Waals surface area contributed by atoms with Gasteiger partial charge < -0.3 is 0 Å². The maximum Gasteiger partial charge on any atom is 0.266 e. The van der Waals surface area contributed by atoms with Gasteiger partial charge in [0, 0.05) is 12.1 Å². The van der Waals surface area contributed by atoms with Gasteiger partial charge in [-0.15, -0.1) is 0 Å². The summed E-state index contributed by atoms with van der Waals surface area (Å²) in [6.45, 7) is 3.57. The van der Waals surface area contributed by atoms with E-state index in [1.807, 2.05) is 6.07 Å². The summed E-state index contributed by atoms with van der Waals surface area (Å²) in [6.07, 6.45) is 0. The molecule has 1 aromatic rings. The second kappa shape index (κ2) is 3.57. The molecule has 0 unspecified atom stereocenters. The summed E-state index contributed by atoms with van der Waals surface area (Å²) in [6, 6.07) is 4.88. The van der Waals surface area contributed by atoms with Crippen LogP contribution in [-0.2, 0) is 10.0 Å². The van der Waals surface area contributed by atoms with E-state index in [9.17, 15) is 8.42 Å². The van der Waals surface area contributed by atoms with Gasteiger partial charge in [0.05, 0.1) is 16.5 Å². The highest BCUT2D eigenvalue weighted by atomic mass is 32.2. The van der Waals surface area contributed by atoms with Gasteiger partial charge in [-0.3, -0.25) is 5.41 Å². The smallest absolute Gasteiger partial charge is 0.266 e. The molecule has 0 amide bonds. The van der Waals surface area contributed by atoms with Crippen molar-refractivity contribution in [3.63, 3.8) is 0 Å². The molecule has 1 aromatic carbocycles. The van der Waals surface area contributed by atoms with Crippen LogP contribution in [0.1, 0.15) is 23.6 Å². The average molecular weight is 249 g/mol. The summed E-state index contributed by atoms with van der Waals surface area (Å²) in [7, 11) is -3.59. The zero-order chi connectivity index (χ0) is 12.8. The number of nitrogens with one attached hydrogen (secondary N) is 1. The van der Waals surface area contributed by atoms with Crippen molar-refractivity contribution in [1.82, 2.24) is 4.31 Å². The minimum Gasteiger partial charge on any atom is -0.283 e. The molecule has 0 radical (unpaired) electrons. The minimum absolute atomic E-state index is 0.0444. The van der Waals surface area contributed by atoms with Crippen LogP contribution in [0, 0.1) is 23.7 Å². The van der Waals surface area contributed by atoms with E-state index < -0.39 is 10.0 Å². The summed E-state index contributed by atoms with van der Waals surface area (Å²) in [5, 5.41) is 16.8. The van der Waals surface area contributed by atoms with Crippen molar-refractivity contribution in [3.05, 3.63) is 28.8 Å². The SMILES string of the molecule is CCN1C(=N)c2c(ccc(C#N)c2C)S1(=O)=O. The number of nitriles is 1. The molecule has 17 heavy (non-hydrogen) atoms. The van der Waals surface area contributed by atoms with Gasteiger partial charge in [-0.25, -0.2) is 12.7 Å². The molecular weight excluding hydrogens is 238 g/mol. The molecule has 0 spiro atoms. The van der Waals surface area contributed by atoms with Crippen molar-refractivity contribution >= 4 is 15.9 Å². The molecule has 1 aliphatic rings. The zero-order valence-corrected chi connectivity index (χ0v) is 10.3. The fourth-order valence-electron chi connectivity index (χ4n) is 2.01. The van der Waals surface area contributed by atoms with Crippen LogP contribution in [0.15, 0.2) is 17.0 Å². The molecule has 2 rings (SSSR count). The molecule has 0 atom stereocenters. The van der Waals surface area contributed by atoms with E-state index in [4.69, 9.17) is 10.7 Å². The molecule has 1 heterocycles. The Labute approximate surface area is 99.8 Å². The van der Waals surface area contributed by atoms with Crippen LogP contribution in [0.2, 0.25) is 0 Å². The summed E-state index contributed by atoms with van der Waals surface area (Å²) in [5.41, 5.74) is 1.31. The highest BCUT2D eigenvalue weighted by molar-refractivity contribution is 7.90. The van der Waals surface area contributed by atoms with Crippen LogP contribution >= 0.6 is 0 Å². The van der Waals surface area contributed by atoms with Crippen molar-refractivity contribution in [1.29, 1.82) is 10.7 Å². The first-order chi connectivity index (χ1) is 7.95. The van der Waals surface area contributed by atoms with Crippen LogP contribution < -0.4 is 0 Å². The van der Waals surface area contributed by atoms with E-state index in [1.165, 1.54) is 12.1 Å². The third-order valence-corrected chi connectivity index (χ3v) is 4.81. The lowest BCUT2D eigenvalue weighted by molar-refractivity contribution is 0.539. The van der Waals surface area contributed by atoms with Gasteiger partial charge >= 0.3 is 0 Å². The first-order valence-corrected chi connectivity index (χ1v) is 6.54. The fourth-order valence-corrected chi connectivity index (χ4v) is 3.67. The second-order valence-corrected chi connectivity index (χ2v) is 5.57. The predicted molar refractivity (Wildman–Crippen MR) is 62.3 cm³/mol. The number of hydrogen-bond acceptors (Lipinski definition) is 4. The van der Waals surface area contributed by atoms with E-state index >= 15 is 0 Å². The molecule has 88 valence electrons. The van der Waals surface area contributed by atoms with Crippen molar-refractivity contribution < 1.29 is 8.42 Å². The van der Waals surface area contributed by atoms with Crippen molar-refractivity contribution in [3.8, 4) is 6.07 Å². The van der Waals surface area contributed by atoms with E-state index in [2.05, 4.69) is 0 Å². The molecule has 0 aliphatic carbocycles. The Morgan fingerprint density at radius 3 is 2.65 bits per heavy atom. The van der Waals surface area contributed by atoms with Gasteiger partial charge in [0.2, 0.25) is 0 Å². The first-order valence-electron chi connectivity index (χ1n) is 5.10. The van der Waals surface area contributed by atoms with Gasteiger partial charge in [0.15, 0.2) is 0 Å². The molecule has 0 aromatic heterocycles. The Hall–Kier alpha value is -1.87. The highest BCUT2D eigenvalue weighted by Crippen LogP contribution is 2.33. The molecule has 1 N–H and O–H groups in total. The standard InChI is InChI=1S/C11H11N3O2S/c1-3-14-11(13)10-7(2)8(6-12)4-5-9(10)17(14,15)16/h4-5,13H,3H2,1-2H3. The summed E-state index contributed by atoms with van der Waals surface area (Å²) < 4.78 is 25.2. The normalized spacial score (nSPS) is 16.8. The van der Waals surface area contributed by atoms with E-state index in [0.29, 0.717) is 16.7 Å². The van der Waals surface area contributed by atoms with Crippen molar-refractivity contribution in [2.75, 3.05) is 6.54 Å². The zero-order valence-electron chi connectivity index (χ0n) is 9.48. The van der Waals surface area contributed by atoms with E-state index in [1.54, 1.807) is 13.8 Å². The summed E-state index contributed by atoms with van der Waals surface area (Å²) in [4.78, 5) is 0.126. The molecule has 0 bridgehead atoms. The van der Waals surface area contributed by atoms with Gasteiger partial charge in [0.1, 0.15) is 5.84 Å². The lowest BCUT2D eigenvalue weighted by Gasteiger charge is -2.13. The molecular formula is C11H11N3O2S. The molecule has 5 nitrogen and oxygen atoms in total. The quantitative estimate of drug-likeness (QED) is 0.811. The van der Waals surface area contributed by atoms with Gasteiger partial charge in [0.25, 0.3) is 10.0 Å². The second-order valence-electron chi connectivity index (χ2n) is 3.74. The number of nitrogens with zero attached hydrogens (tertiary/aromatic N) is 2. The maximum absolute atomic E-state index is 12.1. The predicted octanol–water partition coefficient (Wildman–Crippen LogP) is 1.22. The van der Waals surface area contributed by atoms with Gasteiger partial charge in [-0.05, 0) is 31.5 Å². The average Bonchev–Trinajstić information content (AvgIpc) is 2.47. The van der Waals surface area contributed by atoms with Gasteiger partial charge in [-0.1, -0.05) is 0 Å². The Bertz CT molecular complexity index is 656. The van der Waals surface area contributed by atoms with E-state index in [0.717, 1.165) is 4.31 Å². The number of rotatable bonds is 1. The van der Waals surface area contributed by atoms with Crippen molar-refractivity contribution in [2.24, 2.45) is 0 Å². The third-order valence-electron chi connectivity index (χ3n) is 2.89. The number of hydrogen-bond donors (Lipinski definition) is 1. The topological polar surface area (TPSA) is 85.0 Å². The highest BCUT2D eigenvalue weighted by Gasteiger charge is 2.39. The molecule has 0 saturated carbocycles. The number of benzene rings is 1. The summed E-state index contributed by atoms with van der Waals surface area (Å²) in [5.74, 6) is -0.0444. The Morgan fingerprint density at radius 1 is 1.47 bits per heavy atom. The lowest BCUT2D eigenvalue weighted by Crippen LogP contribution is -2.29.